The summed E-state index contributed by atoms with van der Waals surface area (Å²) in [5.74, 6) is 0. The molecular weight excluding hydrogens is 226 g/mol. The van der Waals surface area contributed by atoms with Gasteiger partial charge in [0.1, 0.15) is 0 Å². The van der Waals surface area contributed by atoms with Gasteiger partial charge in [0, 0.05) is 18.8 Å². The van der Waals surface area contributed by atoms with Gasteiger partial charge in [0.25, 0.3) is 0 Å². The fourth-order valence-corrected chi connectivity index (χ4v) is 2.38. The minimum Gasteiger partial charge on any atom is -0.399 e. The average molecular weight is 243 g/mol. The van der Waals surface area contributed by atoms with Crippen molar-refractivity contribution in [1.82, 2.24) is 4.72 Å². The molecule has 0 atom stereocenters. The fraction of sp³-hybridized carbons (Fsp3) is 0.400. The molecule has 0 heterocycles. The maximum absolute atomic E-state index is 11.8. The predicted molar refractivity (Wildman–Crippen MR) is 66.4 cm³/mol. The first-order chi connectivity index (χ1) is 7.33. The first-order valence-electron chi connectivity index (χ1n) is 4.94. The van der Waals surface area contributed by atoms with E-state index >= 15 is 0 Å². The van der Waals surface area contributed by atoms with E-state index < -0.39 is 10.2 Å². The minimum atomic E-state index is -3.50. The van der Waals surface area contributed by atoms with Gasteiger partial charge in [-0.2, -0.15) is 13.1 Å². The van der Waals surface area contributed by atoms with E-state index in [0.29, 0.717) is 11.4 Å². The maximum atomic E-state index is 11.8. The van der Waals surface area contributed by atoms with E-state index in [0.717, 1.165) is 0 Å². The van der Waals surface area contributed by atoms with Crippen molar-refractivity contribution in [3.63, 3.8) is 0 Å². The Balaban J connectivity index is 2.98. The summed E-state index contributed by atoms with van der Waals surface area (Å²) in [5.41, 5.74) is 6.67. The van der Waals surface area contributed by atoms with E-state index in [1.54, 1.807) is 38.1 Å². The third-order valence-electron chi connectivity index (χ3n) is 1.98. The Bertz CT molecular complexity index is 457. The Morgan fingerprint density at radius 2 is 2.00 bits per heavy atom. The lowest BCUT2D eigenvalue weighted by Gasteiger charge is -2.21. The lowest BCUT2D eigenvalue weighted by Crippen LogP contribution is -2.41. The van der Waals surface area contributed by atoms with Crippen molar-refractivity contribution in [3.05, 3.63) is 24.3 Å². The molecule has 1 aromatic rings. The van der Waals surface area contributed by atoms with Gasteiger partial charge in [-0.3, -0.25) is 4.31 Å². The first kappa shape index (κ1) is 12.8. The molecule has 0 amide bonds. The molecule has 0 aliphatic rings. The molecule has 0 spiro atoms. The van der Waals surface area contributed by atoms with Crippen LogP contribution in [0.15, 0.2) is 24.3 Å². The van der Waals surface area contributed by atoms with Crippen LogP contribution >= 0.6 is 0 Å². The topological polar surface area (TPSA) is 75.4 Å². The predicted octanol–water partition coefficient (Wildman–Crippen LogP) is 0.948. The number of hydrogen-bond acceptors (Lipinski definition) is 3. The maximum Gasteiger partial charge on any atom is 0.301 e. The van der Waals surface area contributed by atoms with Crippen LogP contribution in [0.1, 0.15) is 13.8 Å². The lowest BCUT2D eigenvalue weighted by atomic mass is 10.3. The van der Waals surface area contributed by atoms with Gasteiger partial charge in [-0.1, -0.05) is 6.07 Å². The number of nitrogen functional groups attached to an aromatic ring is 1. The van der Waals surface area contributed by atoms with Crippen LogP contribution < -0.4 is 14.8 Å². The number of benzene rings is 1. The van der Waals surface area contributed by atoms with Crippen LogP contribution in [0.4, 0.5) is 11.4 Å². The summed E-state index contributed by atoms with van der Waals surface area (Å²) in [6.45, 7) is 3.54. The molecule has 0 radical (unpaired) electrons. The quantitative estimate of drug-likeness (QED) is 0.773. The normalized spacial score (nSPS) is 11.8. The molecule has 16 heavy (non-hydrogen) atoms. The molecule has 0 unspecified atom stereocenters. The molecule has 0 saturated heterocycles. The monoisotopic (exact) mass is 243 g/mol. The van der Waals surface area contributed by atoms with Crippen LogP contribution in [-0.4, -0.2) is 21.5 Å². The second kappa shape index (κ2) is 4.71. The SMILES string of the molecule is CC(C)NS(=O)(=O)N(C)c1cccc(N)c1. The molecule has 5 nitrogen and oxygen atoms in total. The summed E-state index contributed by atoms with van der Waals surface area (Å²) in [6.07, 6.45) is 0. The molecule has 0 aliphatic heterocycles. The zero-order valence-electron chi connectivity index (χ0n) is 9.64. The molecule has 0 bridgehead atoms. The van der Waals surface area contributed by atoms with Crippen LogP contribution in [0.5, 0.6) is 0 Å². The second-order valence-electron chi connectivity index (χ2n) is 3.84. The molecule has 1 aromatic carbocycles. The third-order valence-corrected chi connectivity index (χ3v) is 3.68. The van der Waals surface area contributed by atoms with Gasteiger partial charge in [-0.25, -0.2) is 0 Å². The lowest BCUT2D eigenvalue weighted by molar-refractivity contribution is 0.568. The summed E-state index contributed by atoms with van der Waals surface area (Å²) in [6, 6.07) is 6.58. The molecule has 6 heteroatoms. The number of rotatable bonds is 4. The molecule has 90 valence electrons. The summed E-state index contributed by atoms with van der Waals surface area (Å²) in [4.78, 5) is 0. The van der Waals surface area contributed by atoms with Gasteiger partial charge < -0.3 is 5.73 Å². The number of nitrogens with zero attached hydrogens (tertiary/aromatic N) is 1. The van der Waals surface area contributed by atoms with Gasteiger partial charge in [0.05, 0.1) is 5.69 Å². The highest BCUT2D eigenvalue weighted by atomic mass is 32.2. The average Bonchev–Trinajstić information content (AvgIpc) is 2.14. The van der Waals surface area contributed by atoms with Crippen molar-refractivity contribution in [2.45, 2.75) is 19.9 Å². The molecule has 0 aromatic heterocycles. The largest absolute Gasteiger partial charge is 0.399 e. The Morgan fingerprint density at radius 3 is 2.50 bits per heavy atom. The molecule has 1 rings (SSSR count). The highest BCUT2D eigenvalue weighted by molar-refractivity contribution is 7.90. The van der Waals surface area contributed by atoms with Crippen LogP contribution in [0.3, 0.4) is 0 Å². The smallest absolute Gasteiger partial charge is 0.301 e. The highest BCUT2D eigenvalue weighted by Crippen LogP contribution is 2.18. The van der Waals surface area contributed by atoms with Crippen molar-refractivity contribution in [2.75, 3.05) is 17.1 Å². The van der Waals surface area contributed by atoms with Crippen molar-refractivity contribution in [2.24, 2.45) is 0 Å². The number of nitrogens with two attached hydrogens (primary N) is 1. The summed E-state index contributed by atoms with van der Waals surface area (Å²) in [5, 5.41) is 0. The Kier molecular flexibility index (Phi) is 3.77. The number of anilines is 2. The zero-order valence-corrected chi connectivity index (χ0v) is 10.5. The second-order valence-corrected chi connectivity index (χ2v) is 5.57. The Labute approximate surface area is 96.4 Å². The van der Waals surface area contributed by atoms with Crippen LogP contribution in [0.2, 0.25) is 0 Å². The molecule has 0 fully saturated rings. The van der Waals surface area contributed by atoms with E-state index in [9.17, 15) is 8.42 Å². The summed E-state index contributed by atoms with van der Waals surface area (Å²) < 4.78 is 27.3. The first-order valence-corrected chi connectivity index (χ1v) is 6.38. The fourth-order valence-electron chi connectivity index (χ4n) is 1.24. The van der Waals surface area contributed by atoms with Crippen molar-refractivity contribution in [3.8, 4) is 0 Å². The zero-order chi connectivity index (χ0) is 12.3. The molecule has 0 saturated carbocycles. The van der Waals surface area contributed by atoms with Crippen LogP contribution in [-0.2, 0) is 10.2 Å². The van der Waals surface area contributed by atoms with E-state index in [4.69, 9.17) is 5.73 Å². The Hall–Kier alpha value is -1.27. The third kappa shape index (κ3) is 3.11. The minimum absolute atomic E-state index is 0.145. The standard InChI is InChI=1S/C10H17N3O2S/c1-8(2)12-16(14,15)13(3)10-6-4-5-9(11)7-10/h4-8,12H,11H2,1-3H3. The number of nitrogens with one attached hydrogen (secondary N) is 1. The highest BCUT2D eigenvalue weighted by Gasteiger charge is 2.18. The van der Waals surface area contributed by atoms with Crippen molar-refractivity contribution < 1.29 is 8.42 Å². The van der Waals surface area contributed by atoms with Gasteiger partial charge in [0.15, 0.2) is 0 Å². The van der Waals surface area contributed by atoms with Crippen LogP contribution in [0, 0.1) is 0 Å². The van der Waals surface area contributed by atoms with Gasteiger partial charge in [-0.15, -0.1) is 0 Å². The molecular formula is C10H17N3O2S. The van der Waals surface area contributed by atoms with Crippen molar-refractivity contribution in [1.29, 1.82) is 0 Å². The van der Waals surface area contributed by atoms with E-state index in [2.05, 4.69) is 4.72 Å². The Morgan fingerprint density at radius 1 is 1.38 bits per heavy atom. The summed E-state index contributed by atoms with van der Waals surface area (Å²) >= 11 is 0. The van der Waals surface area contributed by atoms with E-state index in [1.807, 2.05) is 0 Å². The van der Waals surface area contributed by atoms with Crippen LogP contribution in [0.25, 0.3) is 0 Å². The van der Waals surface area contributed by atoms with Gasteiger partial charge >= 0.3 is 10.2 Å². The number of hydrogen-bond donors (Lipinski definition) is 2. The van der Waals surface area contributed by atoms with Gasteiger partial charge in [0.2, 0.25) is 0 Å². The molecule has 0 aliphatic carbocycles. The van der Waals surface area contributed by atoms with E-state index in [-0.39, 0.29) is 6.04 Å². The molecule has 3 N–H and O–H groups in total. The van der Waals surface area contributed by atoms with E-state index in [1.165, 1.54) is 11.4 Å². The van der Waals surface area contributed by atoms with Crippen molar-refractivity contribution >= 4 is 21.6 Å². The van der Waals surface area contributed by atoms with Gasteiger partial charge in [-0.05, 0) is 32.0 Å². The summed E-state index contributed by atoms with van der Waals surface area (Å²) in [7, 11) is -2.02.